The first kappa shape index (κ1) is 18.8. The van der Waals surface area contributed by atoms with Crippen LogP contribution in [0.25, 0.3) is 28.1 Å². The molecule has 0 aliphatic carbocycles. The van der Waals surface area contributed by atoms with Crippen molar-refractivity contribution in [2.45, 2.75) is 27.2 Å². The predicted octanol–water partition coefficient (Wildman–Crippen LogP) is 5.29. The number of nitrogens with zero attached hydrogens (tertiary/aromatic N) is 2. The Kier molecular flexibility index (Phi) is 5.69. The van der Waals surface area contributed by atoms with E-state index < -0.39 is 0 Å². The van der Waals surface area contributed by atoms with Crippen molar-refractivity contribution >= 4 is 17.0 Å². The molecule has 0 radical (unpaired) electrons. The number of hydrogen-bond donors (Lipinski definition) is 1. The molecule has 3 aromatic rings. The van der Waals surface area contributed by atoms with Crippen LogP contribution in [0.1, 0.15) is 36.2 Å². The minimum absolute atomic E-state index is 0.00210. The average Bonchev–Trinajstić information content (AvgIpc) is 2.65. The van der Waals surface area contributed by atoms with Gasteiger partial charge < -0.3 is 5.11 Å². The van der Waals surface area contributed by atoms with Gasteiger partial charge in [-0.2, -0.15) is 5.26 Å². The fourth-order valence-corrected chi connectivity index (χ4v) is 3.30. The Morgan fingerprint density at radius 2 is 1.89 bits per heavy atom. The van der Waals surface area contributed by atoms with Crippen LogP contribution in [0, 0.1) is 24.2 Å². The van der Waals surface area contributed by atoms with Gasteiger partial charge in [-0.25, -0.2) is 0 Å². The molecule has 3 nitrogen and oxygen atoms in total. The molecule has 0 bridgehead atoms. The largest absolute Gasteiger partial charge is 0.392 e. The van der Waals surface area contributed by atoms with Gasteiger partial charge in [-0.3, -0.25) is 4.98 Å². The molecular weight excluding hydrogens is 332 g/mol. The smallest absolute Gasteiger partial charge is 0.102 e. The minimum Gasteiger partial charge on any atom is -0.392 e. The molecule has 0 amide bonds. The van der Waals surface area contributed by atoms with Gasteiger partial charge >= 0.3 is 0 Å². The second-order valence-electron chi connectivity index (χ2n) is 7.25. The Balaban J connectivity index is 2.35. The summed E-state index contributed by atoms with van der Waals surface area (Å²) >= 11 is 0. The van der Waals surface area contributed by atoms with Gasteiger partial charge in [-0.1, -0.05) is 61.9 Å². The Labute approximate surface area is 160 Å². The lowest BCUT2D eigenvalue weighted by molar-refractivity contribution is 0.343. The third-order valence-corrected chi connectivity index (χ3v) is 4.55. The lowest BCUT2D eigenvalue weighted by atomic mass is 9.91. The maximum Gasteiger partial charge on any atom is 0.102 e. The first-order valence-corrected chi connectivity index (χ1v) is 9.24. The molecule has 0 unspecified atom stereocenters. The highest BCUT2D eigenvalue weighted by Gasteiger charge is 2.17. The molecule has 0 atom stereocenters. The van der Waals surface area contributed by atoms with E-state index in [2.05, 4.69) is 51.1 Å². The Bertz CT molecular complexity index is 1020. The first-order chi connectivity index (χ1) is 13.0. The maximum atomic E-state index is 9.96. The highest BCUT2D eigenvalue weighted by molar-refractivity contribution is 5.99. The number of aryl methyl sites for hydroxylation is 1. The van der Waals surface area contributed by atoms with Gasteiger partial charge in [0, 0.05) is 10.9 Å². The fraction of sp³-hybridized carbons (Fsp3) is 0.250. The monoisotopic (exact) mass is 356 g/mol. The number of pyridine rings is 1. The van der Waals surface area contributed by atoms with Crippen LogP contribution in [-0.2, 0) is 6.42 Å². The summed E-state index contributed by atoms with van der Waals surface area (Å²) in [6.07, 6.45) is 4.36. The molecule has 3 rings (SSSR count). The lowest BCUT2D eigenvalue weighted by Crippen LogP contribution is -2.04. The summed E-state index contributed by atoms with van der Waals surface area (Å²) in [5, 5.41) is 20.0. The summed E-state index contributed by atoms with van der Waals surface area (Å²) < 4.78 is 0. The minimum atomic E-state index is -0.00210. The molecule has 3 heteroatoms. The zero-order valence-corrected chi connectivity index (χ0v) is 16.0. The molecule has 1 heterocycles. The van der Waals surface area contributed by atoms with Gasteiger partial charge in [-0.05, 0) is 42.5 Å². The quantitative estimate of drug-likeness (QED) is 0.676. The fourth-order valence-electron chi connectivity index (χ4n) is 3.30. The average molecular weight is 356 g/mol. The number of fused-ring (bicyclic) bond motifs is 1. The molecule has 1 aromatic heterocycles. The molecule has 0 saturated carbocycles. The van der Waals surface area contributed by atoms with Gasteiger partial charge in [0.2, 0.25) is 0 Å². The summed E-state index contributed by atoms with van der Waals surface area (Å²) in [4.78, 5) is 4.82. The zero-order chi connectivity index (χ0) is 19.4. The molecule has 0 saturated heterocycles. The van der Waals surface area contributed by atoms with Gasteiger partial charge in [0.25, 0.3) is 0 Å². The third kappa shape index (κ3) is 4.07. The molecular formula is C24H24N2O. The van der Waals surface area contributed by atoms with Crippen LogP contribution in [0.3, 0.4) is 0 Å². The van der Waals surface area contributed by atoms with E-state index in [0.29, 0.717) is 11.5 Å². The molecule has 0 fully saturated rings. The van der Waals surface area contributed by atoms with Crippen LogP contribution < -0.4 is 0 Å². The summed E-state index contributed by atoms with van der Waals surface area (Å²) in [7, 11) is 0. The Morgan fingerprint density at radius 1 is 1.15 bits per heavy atom. The Morgan fingerprint density at radius 3 is 2.52 bits per heavy atom. The number of rotatable bonds is 5. The van der Waals surface area contributed by atoms with Crippen molar-refractivity contribution in [3.05, 3.63) is 70.9 Å². The molecule has 1 N–H and O–H groups in total. The van der Waals surface area contributed by atoms with Crippen LogP contribution in [0.15, 0.2) is 48.5 Å². The first-order valence-electron chi connectivity index (χ1n) is 9.24. The number of aromatic nitrogens is 1. The van der Waals surface area contributed by atoms with E-state index in [1.807, 2.05) is 24.3 Å². The van der Waals surface area contributed by atoms with Crippen molar-refractivity contribution in [1.29, 1.82) is 5.26 Å². The molecule has 0 aliphatic heterocycles. The number of aliphatic hydroxyl groups excluding tert-OH is 1. The standard InChI is InChI=1S/C24H24N2O/c1-16(2)13-23-21(15-25)24(19-9-6-17(3)7-10-19)20-14-18(5-4-12-27)8-11-22(20)26-23/h4-11,14,16,27H,12-13H2,1-3H3/b5-4+. The second kappa shape index (κ2) is 8.16. The summed E-state index contributed by atoms with van der Waals surface area (Å²) in [5.41, 5.74) is 6.53. The van der Waals surface area contributed by atoms with Crippen LogP contribution >= 0.6 is 0 Å². The van der Waals surface area contributed by atoms with Crippen molar-refractivity contribution in [2.75, 3.05) is 6.61 Å². The van der Waals surface area contributed by atoms with E-state index in [4.69, 9.17) is 10.1 Å². The van der Waals surface area contributed by atoms with E-state index in [0.717, 1.165) is 39.7 Å². The summed E-state index contributed by atoms with van der Waals surface area (Å²) in [6.45, 7) is 6.34. The van der Waals surface area contributed by atoms with Crippen molar-refractivity contribution in [3.63, 3.8) is 0 Å². The SMILES string of the molecule is Cc1ccc(-c2c(C#N)c(CC(C)C)nc3ccc(/C=C/CO)cc23)cc1. The highest BCUT2D eigenvalue weighted by atomic mass is 16.2. The van der Waals surface area contributed by atoms with Crippen molar-refractivity contribution in [2.24, 2.45) is 5.92 Å². The Hall–Kier alpha value is -2.96. The summed E-state index contributed by atoms with van der Waals surface area (Å²) in [5.74, 6) is 0.416. The molecule has 27 heavy (non-hydrogen) atoms. The lowest BCUT2D eigenvalue weighted by Gasteiger charge is -2.15. The third-order valence-electron chi connectivity index (χ3n) is 4.55. The van der Waals surface area contributed by atoms with Crippen LogP contribution in [-0.4, -0.2) is 16.7 Å². The van der Waals surface area contributed by atoms with Crippen LogP contribution in [0.5, 0.6) is 0 Å². The maximum absolute atomic E-state index is 9.96. The van der Waals surface area contributed by atoms with Crippen LogP contribution in [0.2, 0.25) is 0 Å². The van der Waals surface area contributed by atoms with Gasteiger partial charge in [0.05, 0.1) is 23.4 Å². The number of hydrogen-bond acceptors (Lipinski definition) is 3. The van der Waals surface area contributed by atoms with Gasteiger partial charge in [0.15, 0.2) is 0 Å². The molecule has 136 valence electrons. The topological polar surface area (TPSA) is 56.9 Å². The second-order valence-corrected chi connectivity index (χ2v) is 7.25. The highest BCUT2D eigenvalue weighted by Crippen LogP contribution is 2.34. The normalized spacial score (nSPS) is 11.4. The van der Waals surface area contributed by atoms with Crippen LogP contribution in [0.4, 0.5) is 0 Å². The number of aliphatic hydroxyl groups is 1. The van der Waals surface area contributed by atoms with Gasteiger partial charge in [0.1, 0.15) is 6.07 Å². The van der Waals surface area contributed by atoms with E-state index >= 15 is 0 Å². The number of benzene rings is 2. The van der Waals surface area contributed by atoms with E-state index in [1.54, 1.807) is 6.08 Å². The molecule has 0 aliphatic rings. The van der Waals surface area contributed by atoms with Crippen molar-refractivity contribution < 1.29 is 5.11 Å². The van der Waals surface area contributed by atoms with E-state index in [1.165, 1.54) is 5.56 Å². The van der Waals surface area contributed by atoms with Gasteiger partial charge in [-0.15, -0.1) is 0 Å². The van der Waals surface area contributed by atoms with E-state index in [9.17, 15) is 5.26 Å². The summed E-state index contributed by atoms with van der Waals surface area (Å²) in [6, 6.07) is 16.7. The zero-order valence-electron chi connectivity index (χ0n) is 16.0. The molecule has 2 aromatic carbocycles. The van der Waals surface area contributed by atoms with E-state index in [-0.39, 0.29) is 6.61 Å². The molecule has 0 spiro atoms. The number of nitriles is 1. The van der Waals surface area contributed by atoms with Crippen molar-refractivity contribution in [3.8, 4) is 17.2 Å². The predicted molar refractivity (Wildman–Crippen MR) is 111 cm³/mol. The van der Waals surface area contributed by atoms with Crippen molar-refractivity contribution in [1.82, 2.24) is 4.98 Å².